The van der Waals surface area contributed by atoms with Crippen LogP contribution in [0.4, 0.5) is 0 Å². The Labute approximate surface area is 115 Å². The van der Waals surface area contributed by atoms with Crippen LogP contribution in [0.2, 0.25) is 0 Å². The average Bonchev–Trinajstić information content (AvgIpc) is 2.91. The summed E-state index contributed by atoms with van der Waals surface area (Å²) < 4.78 is 4.99. The number of esters is 1. The first-order chi connectivity index (χ1) is 9.78. The van der Waals surface area contributed by atoms with Gasteiger partial charge in [-0.3, -0.25) is 4.98 Å². The van der Waals surface area contributed by atoms with E-state index in [0.717, 1.165) is 22.4 Å². The van der Waals surface area contributed by atoms with Crippen molar-refractivity contribution >= 4 is 17.0 Å². The minimum absolute atomic E-state index is 0.327. The second kappa shape index (κ2) is 5.13. The maximum Gasteiger partial charge on any atom is 0.338 e. The summed E-state index contributed by atoms with van der Waals surface area (Å²) in [6.07, 6.45) is 3.45. The molecule has 0 fully saturated rings. The fourth-order valence-electron chi connectivity index (χ4n) is 1.99. The molecule has 0 aliphatic rings. The van der Waals surface area contributed by atoms with Crippen LogP contribution in [0.25, 0.3) is 22.4 Å². The fraction of sp³-hybridized carbons (Fsp3) is 0.133. The highest BCUT2D eigenvalue weighted by atomic mass is 16.5. The highest BCUT2D eigenvalue weighted by Crippen LogP contribution is 2.20. The summed E-state index contributed by atoms with van der Waals surface area (Å²) in [4.78, 5) is 23.4. The minimum atomic E-state index is -0.327. The van der Waals surface area contributed by atoms with Gasteiger partial charge in [0.25, 0.3) is 0 Å². The van der Waals surface area contributed by atoms with E-state index < -0.39 is 0 Å². The van der Waals surface area contributed by atoms with Crippen LogP contribution in [0.5, 0.6) is 0 Å². The second-order valence-corrected chi connectivity index (χ2v) is 4.28. The molecule has 100 valence electrons. The van der Waals surface area contributed by atoms with Gasteiger partial charge in [0.2, 0.25) is 0 Å². The monoisotopic (exact) mass is 267 g/mol. The Morgan fingerprint density at radius 1 is 1.35 bits per heavy atom. The number of benzene rings is 1. The number of aromatic nitrogens is 3. The molecule has 3 aromatic rings. The molecule has 0 aliphatic carbocycles. The normalized spacial score (nSPS) is 10.7. The number of nitrogens with zero attached hydrogens (tertiary/aromatic N) is 2. The van der Waals surface area contributed by atoms with Gasteiger partial charge in [0.1, 0.15) is 5.82 Å². The molecule has 0 saturated heterocycles. The number of nitrogens with one attached hydrogen (secondary N) is 1. The average molecular weight is 267 g/mol. The molecule has 2 aromatic heterocycles. The highest BCUT2D eigenvalue weighted by Gasteiger charge is 2.10. The molecule has 0 atom stereocenters. The Morgan fingerprint density at radius 2 is 2.25 bits per heavy atom. The minimum Gasteiger partial charge on any atom is -0.462 e. The number of imidazole rings is 1. The summed E-state index contributed by atoms with van der Waals surface area (Å²) in [5.41, 5.74) is 3.02. The summed E-state index contributed by atoms with van der Waals surface area (Å²) in [7, 11) is 0. The van der Waals surface area contributed by atoms with Crippen molar-refractivity contribution in [2.45, 2.75) is 6.92 Å². The van der Waals surface area contributed by atoms with Crippen molar-refractivity contribution in [1.29, 1.82) is 0 Å². The lowest BCUT2D eigenvalue weighted by Gasteiger charge is -2.00. The number of carbonyl (C=O) groups is 1. The number of hydrogen-bond donors (Lipinski definition) is 1. The molecule has 1 N–H and O–H groups in total. The maximum atomic E-state index is 11.7. The fourth-order valence-corrected chi connectivity index (χ4v) is 1.99. The second-order valence-electron chi connectivity index (χ2n) is 4.28. The van der Waals surface area contributed by atoms with Crippen LogP contribution in [0.3, 0.4) is 0 Å². The van der Waals surface area contributed by atoms with E-state index in [2.05, 4.69) is 15.0 Å². The zero-order chi connectivity index (χ0) is 13.9. The van der Waals surface area contributed by atoms with E-state index >= 15 is 0 Å². The van der Waals surface area contributed by atoms with E-state index in [9.17, 15) is 4.79 Å². The molecule has 5 heteroatoms. The van der Waals surface area contributed by atoms with Gasteiger partial charge in [-0.15, -0.1) is 0 Å². The third kappa shape index (κ3) is 2.25. The van der Waals surface area contributed by atoms with Crippen LogP contribution in [-0.2, 0) is 4.74 Å². The molecular weight excluding hydrogens is 254 g/mol. The van der Waals surface area contributed by atoms with Gasteiger partial charge in [-0.05, 0) is 37.3 Å². The van der Waals surface area contributed by atoms with Crippen LogP contribution < -0.4 is 0 Å². The molecule has 0 bridgehead atoms. The number of ether oxygens (including phenoxy) is 1. The quantitative estimate of drug-likeness (QED) is 0.741. The van der Waals surface area contributed by atoms with E-state index in [1.807, 2.05) is 12.1 Å². The smallest absolute Gasteiger partial charge is 0.338 e. The summed E-state index contributed by atoms with van der Waals surface area (Å²) in [6, 6.07) is 9.05. The van der Waals surface area contributed by atoms with Crippen molar-refractivity contribution < 1.29 is 9.53 Å². The summed E-state index contributed by atoms with van der Waals surface area (Å²) in [5, 5.41) is 0. The Kier molecular flexibility index (Phi) is 3.16. The van der Waals surface area contributed by atoms with Gasteiger partial charge < -0.3 is 9.72 Å². The first-order valence-corrected chi connectivity index (χ1v) is 6.35. The topological polar surface area (TPSA) is 67.9 Å². The molecule has 2 heterocycles. The molecule has 0 radical (unpaired) electrons. The number of pyridine rings is 1. The molecule has 1 aromatic carbocycles. The van der Waals surface area contributed by atoms with E-state index in [1.54, 1.807) is 37.5 Å². The van der Waals surface area contributed by atoms with Crippen LogP contribution in [0.15, 0.2) is 42.7 Å². The lowest BCUT2D eigenvalue weighted by molar-refractivity contribution is 0.0526. The van der Waals surface area contributed by atoms with Gasteiger partial charge in [-0.25, -0.2) is 9.78 Å². The predicted molar refractivity (Wildman–Crippen MR) is 75.3 cm³/mol. The molecule has 20 heavy (non-hydrogen) atoms. The van der Waals surface area contributed by atoms with Crippen molar-refractivity contribution in [1.82, 2.24) is 15.0 Å². The molecule has 3 rings (SSSR count). The molecule has 0 unspecified atom stereocenters. The number of aromatic amines is 1. The summed E-state index contributed by atoms with van der Waals surface area (Å²) in [5.74, 6) is 0.404. The van der Waals surface area contributed by atoms with Gasteiger partial charge >= 0.3 is 5.97 Å². The molecular formula is C15H13N3O2. The van der Waals surface area contributed by atoms with Gasteiger partial charge in [-0.1, -0.05) is 0 Å². The van der Waals surface area contributed by atoms with E-state index in [4.69, 9.17) is 4.74 Å². The number of carbonyl (C=O) groups excluding carboxylic acids is 1. The summed E-state index contributed by atoms with van der Waals surface area (Å²) >= 11 is 0. The Bertz CT molecular complexity index is 750. The number of rotatable bonds is 3. The number of H-pyrrole nitrogens is 1. The molecule has 0 spiro atoms. The molecule has 5 nitrogen and oxygen atoms in total. The molecule has 0 amide bonds. The van der Waals surface area contributed by atoms with Crippen LogP contribution in [0, 0.1) is 0 Å². The first kappa shape index (κ1) is 12.3. The number of fused-ring (bicyclic) bond motifs is 1. The first-order valence-electron chi connectivity index (χ1n) is 6.35. The third-order valence-corrected chi connectivity index (χ3v) is 2.93. The standard InChI is InChI=1S/C15H13N3O2/c1-2-20-15(19)10-5-6-12-13(8-10)18-14(17-12)11-4-3-7-16-9-11/h3-9H,2H2,1H3,(H,17,18). The Hall–Kier alpha value is -2.69. The number of hydrogen-bond acceptors (Lipinski definition) is 4. The Balaban J connectivity index is 2.02. The van der Waals surface area contributed by atoms with Crippen LogP contribution in [-0.4, -0.2) is 27.5 Å². The van der Waals surface area contributed by atoms with Crippen molar-refractivity contribution in [2.24, 2.45) is 0 Å². The van der Waals surface area contributed by atoms with Gasteiger partial charge in [-0.2, -0.15) is 0 Å². The SMILES string of the molecule is CCOC(=O)c1ccc2nc(-c3cccnc3)[nH]c2c1. The van der Waals surface area contributed by atoms with Gasteiger partial charge in [0, 0.05) is 18.0 Å². The zero-order valence-corrected chi connectivity index (χ0v) is 11.0. The zero-order valence-electron chi connectivity index (χ0n) is 11.0. The predicted octanol–water partition coefficient (Wildman–Crippen LogP) is 2.80. The van der Waals surface area contributed by atoms with E-state index in [-0.39, 0.29) is 5.97 Å². The van der Waals surface area contributed by atoms with Crippen molar-refractivity contribution in [3.05, 3.63) is 48.3 Å². The molecule has 0 aliphatic heterocycles. The van der Waals surface area contributed by atoms with E-state index in [0.29, 0.717) is 12.2 Å². The van der Waals surface area contributed by atoms with Crippen LogP contribution >= 0.6 is 0 Å². The van der Waals surface area contributed by atoms with Crippen molar-refractivity contribution in [2.75, 3.05) is 6.61 Å². The van der Waals surface area contributed by atoms with E-state index in [1.165, 1.54) is 0 Å². The van der Waals surface area contributed by atoms with Gasteiger partial charge in [0.05, 0.1) is 23.2 Å². The molecule has 0 saturated carbocycles. The highest BCUT2D eigenvalue weighted by molar-refractivity contribution is 5.94. The third-order valence-electron chi connectivity index (χ3n) is 2.93. The largest absolute Gasteiger partial charge is 0.462 e. The lowest BCUT2D eigenvalue weighted by Crippen LogP contribution is -2.04. The Morgan fingerprint density at radius 3 is 3.00 bits per heavy atom. The summed E-state index contributed by atoms with van der Waals surface area (Å²) in [6.45, 7) is 2.15. The lowest BCUT2D eigenvalue weighted by atomic mass is 10.2. The van der Waals surface area contributed by atoms with Crippen molar-refractivity contribution in [3.8, 4) is 11.4 Å². The van der Waals surface area contributed by atoms with Gasteiger partial charge in [0.15, 0.2) is 0 Å². The van der Waals surface area contributed by atoms with Crippen LogP contribution in [0.1, 0.15) is 17.3 Å². The maximum absolute atomic E-state index is 11.7. The van der Waals surface area contributed by atoms with Crippen molar-refractivity contribution in [3.63, 3.8) is 0 Å².